The molecule has 0 saturated carbocycles. The highest BCUT2D eigenvalue weighted by molar-refractivity contribution is 7.13. The summed E-state index contributed by atoms with van der Waals surface area (Å²) in [4.78, 5) is 44.7. The molecular weight excluding hydrogens is 620 g/mol. The minimum absolute atomic E-state index is 0.149. The number of piperidine rings is 1. The maximum Gasteiger partial charge on any atom is 0.510 e. The topological polar surface area (TPSA) is 103 Å². The Balaban J connectivity index is 1.51. The Kier molecular flexibility index (Phi) is 6.80. The van der Waals surface area contributed by atoms with Crippen LogP contribution in [-0.2, 0) is 9.47 Å². The summed E-state index contributed by atoms with van der Waals surface area (Å²) in [5, 5.41) is 1.46. The largest absolute Gasteiger partial charge is 0.510 e. The number of carbonyl (C=O) groups excluding carboxylic acids is 2. The van der Waals surface area contributed by atoms with Crippen molar-refractivity contribution in [2.45, 2.75) is 31.0 Å². The zero-order valence-electron chi connectivity index (χ0n) is 23.3. The summed E-state index contributed by atoms with van der Waals surface area (Å²) in [5.41, 5.74) is 1.83. The van der Waals surface area contributed by atoms with Crippen molar-refractivity contribution in [3.8, 4) is 27.4 Å². The van der Waals surface area contributed by atoms with Crippen molar-refractivity contribution >= 4 is 23.4 Å². The first-order valence-electron chi connectivity index (χ1n) is 13.7. The van der Waals surface area contributed by atoms with Crippen molar-refractivity contribution < 1.29 is 41.4 Å². The molecular formula is C30H22F4N4O6S. The smallest absolute Gasteiger partial charge is 0.451 e. The molecule has 1 aliphatic carbocycles. The van der Waals surface area contributed by atoms with Crippen molar-refractivity contribution in [1.82, 2.24) is 14.6 Å². The van der Waals surface area contributed by atoms with Crippen LogP contribution < -0.4 is 15.2 Å². The van der Waals surface area contributed by atoms with Gasteiger partial charge >= 0.3 is 6.16 Å². The standard InChI is InChI=1S/C30H22F4N4O6S/c1-42-29(41)44-14-43-26-19(39)8-10-37-25(26)28(40)36-11-9-30(33,34)12-20(36)38(37)24-15-4-2-3-5-16(15)27-23(35-13-45-27)21-17(24)6-7-18(31)22(21)32/h2-8,10,13,20,24H,9,11-12,14H2,1H3/t20-,24-/m1/s1. The molecule has 2 aliphatic heterocycles. The molecule has 1 saturated heterocycles. The van der Waals surface area contributed by atoms with Crippen LogP contribution in [0.1, 0.15) is 40.5 Å². The first-order chi connectivity index (χ1) is 21.6. The first kappa shape index (κ1) is 28.8. The van der Waals surface area contributed by atoms with Crippen molar-refractivity contribution in [2.75, 3.05) is 25.5 Å². The van der Waals surface area contributed by atoms with E-state index in [9.17, 15) is 18.8 Å². The molecule has 0 bridgehead atoms. The van der Waals surface area contributed by atoms with Crippen LogP contribution in [0.3, 0.4) is 0 Å². The van der Waals surface area contributed by atoms with Gasteiger partial charge < -0.3 is 19.1 Å². The predicted molar refractivity (Wildman–Crippen MR) is 152 cm³/mol. The van der Waals surface area contributed by atoms with Crippen LogP contribution in [0.15, 0.2) is 59.0 Å². The molecule has 1 fully saturated rings. The van der Waals surface area contributed by atoms with E-state index < -0.39 is 72.6 Å². The van der Waals surface area contributed by atoms with Crippen LogP contribution in [0.5, 0.6) is 5.75 Å². The van der Waals surface area contributed by atoms with Crippen molar-refractivity contribution in [3.05, 3.63) is 92.9 Å². The molecule has 0 spiro atoms. The normalized spacial score (nSPS) is 19.4. The molecule has 1 amide bonds. The molecule has 0 unspecified atom stereocenters. The molecule has 4 aromatic rings. The molecule has 0 N–H and O–H groups in total. The SMILES string of the molecule is COC(=O)OCOc1c2n(ccc1=O)N([C@@H]1c3ccccc3-c3scnc3-c3c1ccc(F)c3F)[C@@H]1CC(F)(F)CCN1C2=O. The van der Waals surface area contributed by atoms with Gasteiger partial charge in [-0.2, -0.15) is 0 Å². The van der Waals surface area contributed by atoms with E-state index >= 15 is 13.2 Å². The number of benzene rings is 2. The fraction of sp³-hybridized carbons (Fsp3) is 0.267. The zero-order valence-corrected chi connectivity index (χ0v) is 24.2. The summed E-state index contributed by atoms with van der Waals surface area (Å²) in [7, 11) is 1.07. The fourth-order valence-corrected chi connectivity index (χ4v) is 7.08. The molecule has 2 atom stereocenters. The van der Waals surface area contributed by atoms with E-state index in [2.05, 4.69) is 9.72 Å². The van der Waals surface area contributed by atoms with Crippen LogP contribution >= 0.6 is 11.3 Å². The van der Waals surface area contributed by atoms with Gasteiger partial charge in [0.2, 0.25) is 18.0 Å². The molecule has 7 rings (SSSR count). The van der Waals surface area contributed by atoms with Gasteiger partial charge in [-0.3, -0.25) is 19.3 Å². The second kappa shape index (κ2) is 10.6. The summed E-state index contributed by atoms with van der Waals surface area (Å²) < 4.78 is 76.9. The number of hydrogen-bond donors (Lipinski definition) is 0. The Bertz CT molecular complexity index is 1930. The summed E-state index contributed by atoms with van der Waals surface area (Å²) >= 11 is 1.21. The van der Waals surface area contributed by atoms with Gasteiger partial charge in [0.25, 0.3) is 11.8 Å². The van der Waals surface area contributed by atoms with E-state index in [4.69, 9.17) is 9.47 Å². The highest BCUT2D eigenvalue weighted by Crippen LogP contribution is 2.51. The first-order valence-corrected chi connectivity index (χ1v) is 14.6. The van der Waals surface area contributed by atoms with E-state index in [-0.39, 0.29) is 29.1 Å². The van der Waals surface area contributed by atoms with Gasteiger partial charge in [0.1, 0.15) is 6.17 Å². The Hall–Kier alpha value is -4.92. The average Bonchev–Trinajstić information content (AvgIpc) is 3.46. The Morgan fingerprint density at radius 1 is 1.11 bits per heavy atom. The summed E-state index contributed by atoms with van der Waals surface area (Å²) in [6, 6.07) is 9.29. The minimum Gasteiger partial charge on any atom is -0.451 e. The third-order valence-corrected chi connectivity index (χ3v) is 9.01. The van der Waals surface area contributed by atoms with Crippen LogP contribution in [0.25, 0.3) is 21.7 Å². The molecule has 232 valence electrons. The minimum atomic E-state index is -3.18. The van der Waals surface area contributed by atoms with Crippen molar-refractivity contribution in [2.24, 2.45) is 0 Å². The van der Waals surface area contributed by atoms with Crippen LogP contribution in [0, 0.1) is 11.6 Å². The van der Waals surface area contributed by atoms with Gasteiger partial charge in [0, 0.05) is 30.8 Å². The number of nitrogens with zero attached hydrogens (tertiary/aromatic N) is 4. The molecule has 3 aliphatic rings. The quantitative estimate of drug-likeness (QED) is 0.168. The maximum absolute atomic E-state index is 15.8. The van der Waals surface area contributed by atoms with E-state index in [0.717, 1.165) is 19.2 Å². The summed E-state index contributed by atoms with van der Waals surface area (Å²) in [6.45, 7) is -1.17. The Labute approximate surface area is 256 Å². The number of rotatable bonds is 4. The summed E-state index contributed by atoms with van der Waals surface area (Å²) in [6.07, 6.45) is -2.58. The van der Waals surface area contributed by atoms with Crippen LogP contribution in [0.4, 0.5) is 22.4 Å². The molecule has 2 aromatic carbocycles. The van der Waals surface area contributed by atoms with E-state index in [1.54, 1.807) is 24.3 Å². The lowest BCUT2D eigenvalue weighted by atomic mass is 9.91. The van der Waals surface area contributed by atoms with Gasteiger partial charge in [-0.05, 0) is 22.8 Å². The molecule has 10 nitrogen and oxygen atoms in total. The third kappa shape index (κ3) is 4.52. The average molecular weight is 643 g/mol. The monoisotopic (exact) mass is 642 g/mol. The molecule has 4 heterocycles. The number of fused-ring (bicyclic) bond motifs is 7. The lowest BCUT2D eigenvalue weighted by Gasteiger charge is -2.53. The van der Waals surface area contributed by atoms with Crippen LogP contribution in [-0.4, -0.2) is 59.2 Å². The number of hydrogen-bond acceptors (Lipinski definition) is 9. The Morgan fingerprint density at radius 2 is 1.91 bits per heavy atom. The molecule has 2 aromatic heterocycles. The molecule has 15 heteroatoms. The predicted octanol–water partition coefficient (Wildman–Crippen LogP) is 5.29. The van der Waals surface area contributed by atoms with Crippen molar-refractivity contribution in [3.63, 3.8) is 0 Å². The van der Waals surface area contributed by atoms with E-state index in [1.807, 2.05) is 0 Å². The number of alkyl halides is 2. The number of halogens is 4. The number of aromatic nitrogens is 2. The molecule has 45 heavy (non-hydrogen) atoms. The lowest BCUT2D eigenvalue weighted by Crippen LogP contribution is -2.66. The van der Waals surface area contributed by atoms with Gasteiger partial charge in [0.05, 0.1) is 35.7 Å². The van der Waals surface area contributed by atoms with Gasteiger partial charge in [0.15, 0.2) is 17.3 Å². The van der Waals surface area contributed by atoms with Crippen LogP contribution in [0.2, 0.25) is 0 Å². The fourth-order valence-electron chi connectivity index (χ4n) is 6.24. The summed E-state index contributed by atoms with van der Waals surface area (Å²) in [5.74, 6) is -6.74. The highest BCUT2D eigenvalue weighted by Gasteiger charge is 2.52. The number of methoxy groups -OCH3 is 1. The Morgan fingerprint density at radius 3 is 2.71 bits per heavy atom. The number of carbonyl (C=O) groups is 2. The van der Waals surface area contributed by atoms with Crippen molar-refractivity contribution in [1.29, 1.82) is 0 Å². The molecule has 0 radical (unpaired) electrons. The maximum atomic E-state index is 15.8. The van der Waals surface area contributed by atoms with E-state index in [1.165, 1.54) is 43.7 Å². The number of pyridine rings is 1. The van der Waals surface area contributed by atoms with E-state index in [0.29, 0.717) is 16.0 Å². The third-order valence-electron chi connectivity index (χ3n) is 8.15. The lowest BCUT2D eigenvalue weighted by molar-refractivity contribution is -0.0785. The number of ether oxygens (including phenoxy) is 3. The van der Waals surface area contributed by atoms with Gasteiger partial charge in [-0.1, -0.05) is 30.3 Å². The van der Waals surface area contributed by atoms with Gasteiger partial charge in [-0.25, -0.2) is 27.3 Å². The second-order valence-electron chi connectivity index (χ2n) is 10.6. The van der Waals surface area contributed by atoms with Gasteiger partial charge in [-0.15, -0.1) is 11.3 Å². The second-order valence-corrected chi connectivity index (χ2v) is 11.4. The zero-order chi connectivity index (χ0) is 31.6. The number of thiazole rings is 1. The highest BCUT2D eigenvalue weighted by atomic mass is 32.1. The number of amides is 1.